The van der Waals surface area contributed by atoms with Gasteiger partial charge < -0.3 is 18.3 Å². The van der Waals surface area contributed by atoms with Crippen LogP contribution in [0, 0.1) is 0 Å². The molecule has 8 nitrogen and oxygen atoms in total. The van der Waals surface area contributed by atoms with Gasteiger partial charge >= 0.3 is 0 Å². The molecule has 32 heavy (non-hydrogen) atoms. The van der Waals surface area contributed by atoms with E-state index in [1.54, 1.807) is 0 Å². The number of hydrogen-bond acceptors (Lipinski definition) is 8. The van der Waals surface area contributed by atoms with Crippen LogP contribution in [0.1, 0.15) is 0 Å². The fourth-order valence-electron chi connectivity index (χ4n) is 4.07. The van der Waals surface area contributed by atoms with Crippen LogP contribution in [0.4, 0.5) is 0 Å². The van der Waals surface area contributed by atoms with E-state index < -0.39 is 28.6 Å². The summed E-state index contributed by atoms with van der Waals surface area (Å²) in [5.41, 5.74) is 0. The van der Waals surface area contributed by atoms with E-state index in [9.17, 15) is 18.3 Å². The summed E-state index contributed by atoms with van der Waals surface area (Å²) in [6, 6.07) is 0. The molecule has 192 valence electrons. The minimum absolute atomic E-state index is 0.557. The Bertz CT molecular complexity index is 626. The Morgan fingerprint density at radius 1 is 0.375 bits per heavy atom. The first kappa shape index (κ1) is 30.8. The van der Waals surface area contributed by atoms with Gasteiger partial charge in [-0.3, -0.25) is 19.6 Å². The Kier molecular flexibility index (Phi) is 12.2. The summed E-state index contributed by atoms with van der Waals surface area (Å²) in [5.74, 6) is 0. The van der Waals surface area contributed by atoms with E-state index >= 15 is 0 Å². The first-order valence-electron chi connectivity index (χ1n) is 11.4. The standard InChI is InChI=1S/C20H48N4O4P4/c1-29(2,25)17-21-9-11-22(18-30(3,4)26)13-15-24(20-32(7,8)28)16-14-23(12-10-21)19-31(5,6)27/h9-20H2,1-8H3. The lowest BCUT2D eigenvalue weighted by Crippen LogP contribution is -2.46. The molecule has 0 saturated carbocycles. The molecule has 0 aromatic carbocycles. The van der Waals surface area contributed by atoms with Gasteiger partial charge in [0.25, 0.3) is 0 Å². The monoisotopic (exact) mass is 532 g/mol. The van der Waals surface area contributed by atoms with Crippen molar-refractivity contribution in [1.29, 1.82) is 0 Å². The second-order valence-corrected chi connectivity index (χ2v) is 25.1. The van der Waals surface area contributed by atoms with Crippen molar-refractivity contribution in [2.75, 3.05) is 131 Å². The predicted molar refractivity (Wildman–Crippen MR) is 144 cm³/mol. The van der Waals surface area contributed by atoms with Crippen LogP contribution in [-0.2, 0) is 18.3 Å². The van der Waals surface area contributed by atoms with E-state index in [2.05, 4.69) is 19.6 Å². The van der Waals surface area contributed by atoms with Crippen LogP contribution in [0.2, 0.25) is 0 Å². The van der Waals surface area contributed by atoms with E-state index in [1.807, 2.05) is 53.3 Å². The van der Waals surface area contributed by atoms with Gasteiger partial charge in [0.05, 0.1) is 53.7 Å². The topological polar surface area (TPSA) is 81.2 Å². The Hall–Kier alpha value is 0.760. The molecule has 1 heterocycles. The van der Waals surface area contributed by atoms with Gasteiger partial charge in [-0.15, -0.1) is 0 Å². The van der Waals surface area contributed by atoms with Gasteiger partial charge in [0.1, 0.15) is 0 Å². The number of rotatable bonds is 8. The molecule has 0 atom stereocenters. The highest BCUT2D eigenvalue weighted by Crippen LogP contribution is 2.39. The van der Waals surface area contributed by atoms with Gasteiger partial charge in [0, 0.05) is 52.4 Å². The van der Waals surface area contributed by atoms with Crippen LogP contribution in [-0.4, -0.2) is 150 Å². The molecule has 0 unspecified atom stereocenters. The third-order valence-electron chi connectivity index (χ3n) is 5.09. The molecule has 1 saturated heterocycles. The largest absolute Gasteiger partial charge is 0.323 e. The summed E-state index contributed by atoms with van der Waals surface area (Å²) in [4.78, 5) is 9.00. The second-order valence-electron chi connectivity index (χ2n) is 11.3. The Balaban J connectivity index is 3.10. The zero-order chi connectivity index (χ0) is 24.8. The predicted octanol–water partition coefficient (Wildman–Crippen LogP) is 3.53. The lowest BCUT2D eigenvalue weighted by molar-refractivity contribution is 0.164. The SMILES string of the molecule is CP(C)(=O)CN1CCN(CP(C)(C)=O)CCN(CP(C)(C)=O)CCN(CP(C)(C)=O)CC1. The molecule has 1 fully saturated rings. The van der Waals surface area contributed by atoms with Gasteiger partial charge in [-0.1, -0.05) is 0 Å². The highest BCUT2D eigenvalue weighted by atomic mass is 31.2. The van der Waals surface area contributed by atoms with E-state index in [-0.39, 0.29) is 0 Å². The maximum atomic E-state index is 12.6. The minimum Gasteiger partial charge on any atom is -0.323 e. The average Bonchev–Trinajstić information content (AvgIpc) is 2.52. The normalized spacial score (nSPS) is 21.2. The highest BCUT2D eigenvalue weighted by Gasteiger charge is 2.24. The van der Waals surface area contributed by atoms with Crippen LogP contribution in [0.25, 0.3) is 0 Å². The van der Waals surface area contributed by atoms with Crippen LogP contribution >= 0.6 is 28.6 Å². The molecule has 0 aliphatic carbocycles. The molecule has 0 aromatic rings. The van der Waals surface area contributed by atoms with Crippen molar-refractivity contribution in [2.45, 2.75) is 0 Å². The molecular formula is C20H48N4O4P4. The van der Waals surface area contributed by atoms with E-state index in [0.29, 0.717) is 25.1 Å². The molecule has 1 aliphatic heterocycles. The van der Waals surface area contributed by atoms with Gasteiger partial charge in [0.15, 0.2) is 0 Å². The smallest absolute Gasteiger partial charge is 0.0951 e. The Morgan fingerprint density at radius 3 is 0.594 bits per heavy atom. The third-order valence-corrected chi connectivity index (χ3v) is 9.42. The summed E-state index contributed by atoms with van der Waals surface area (Å²) in [7, 11) is -8.91. The van der Waals surface area contributed by atoms with Crippen molar-refractivity contribution >= 4 is 28.6 Å². The molecule has 0 aromatic heterocycles. The molecule has 0 spiro atoms. The molecule has 1 rings (SSSR count). The van der Waals surface area contributed by atoms with Crippen molar-refractivity contribution in [1.82, 2.24) is 19.6 Å². The first-order chi connectivity index (χ1) is 14.3. The summed E-state index contributed by atoms with van der Waals surface area (Å²) < 4.78 is 50.3. The molecular weight excluding hydrogens is 484 g/mol. The summed E-state index contributed by atoms with van der Waals surface area (Å²) in [6.07, 6.45) is 2.23. The first-order valence-corrected chi connectivity index (χ1v) is 22.5. The van der Waals surface area contributed by atoms with Crippen molar-refractivity contribution in [2.24, 2.45) is 0 Å². The van der Waals surface area contributed by atoms with Crippen molar-refractivity contribution in [3.8, 4) is 0 Å². The lowest BCUT2D eigenvalue weighted by atomic mass is 10.4. The molecule has 0 N–H and O–H groups in total. The summed E-state index contributed by atoms with van der Waals surface area (Å²) >= 11 is 0. The molecule has 0 bridgehead atoms. The van der Waals surface area contributed by atoms with Gasteiger partial charge in [-0.05, 0) is 53.3 Å². The summed E-state index contributed by atoms with van der Waals surface area (Å²) in [5, 5.41) is 0. The average molecular weight is 533 g/mol. The zero-order valence-corrected chi connectivity index (χ0v) is 25.3. The zero-order valence-electron chi connectivity index (χ0n) is 21.7. The van der Waals surface area contributed by atoms with Crippen molar-refractivity contribution < 1.29 is 18.3 Å². The third kappa shape index (κ3) is 16.4. The van der Waals surface area contributed by atoms with E-state index in [1.165, 1.54) is 0 Å². The quantitative estimate of drug-likeness (QED) is 0.440. The van der Waals surface area contributed by atoms with Crippen molar-refractivity contribution in [3.63, 3.8) is 0 Å². The van der Waals surface area contributed by atoms with Gasteiger partial charge in [0.2, 0.25) is 0 Å². The summed E-state index contributed by atoms with van der Waals surface area (Å²) in [6.45, 7) is 20.7. The number of hydrogen-bond donors (Lipinski definition) is 0. The van der Waals surface area contributed by atoms with Crippen LogP contribution in [0.15, 0.2) is 0 Å². The van der Waals surface area contributed by atoms with E-state index in [4.69, 9.17) is 0 Å². The van der Waals surface area contributed by atoms with Gasteiger partial charge in [-0.25, -0.2) is 0 Å². The van der Waals surface area contributed by atoms with Crippen LogP contribution < -0.4 is 0 Å². The second kappa shape index (κ2) is 12.6. The van der Waals surface area contributed by atoms with E-state index in [0.717, 1.165) is 52.4 Å². The number of nitrogens with zero attached hydrogens (tertiary/aromatic N) is 4. The lowest BCUT2D eigenvalue weighted by Gasteiger charge is -2.35. The maximum Gasteiger partial charge on any atom is 0.0951 e. The van der Waals surface area contributed by atoms with Crippen LogP contribution in [0.5, 0.6) is 0 Å². The molecule has 1 aliphatic rings. The fourth-order valence-corrected chi connectivity index (χ4v) is 9.06. The highest BCUT2D eigenvalue weighted by molar-refractivity contribution is 7.63. The van der Waals surface area contributed by atoms with Gasteiger partial charge in [-0.2, -0.15) is 0 Å². The Morgan fingerprint density at radius 2 is 0.500 bits per heavy atom. The minimum atomic E-state index is -2.23. The Labute approximate surface area is 197 Å². The van der Waals surface area contributed by atoms with Crippen molar-refractivity contribution in [3.05, 3.63) is 0 Å². The molecule has 12 heteroatoms. The maximum absolute atomic E-state index is 12.6. The fraction of sp³-hybridized carbons (Fsp3) is 1.00. The van der Waals surface area contributed by atoms with Crippen LogP contribution in [0.3, 0.4) is 0 Å². The molecule has 0 amide bonds. The molecule has 0 radical (unpaired) electrons.